The average molecular weight is 244 g/mol. The molecule has 0 spiro atoms. The van der Waals surface area contributed by atoms with E-state index in [1.807, 2.05) is 20.8 Å². The van der Waals surface area contributed by atoms with E-state index in [0.29, 0.717) is 6.42 Å². The Bertz CT molecular complexity index is 368. The van der Waals surface area contributed by atoms with Gasteiger partial charge < -0.3 is 10.8 Å². The van der Waals surface area contributed by atoms with Crippen LogP contribution in [0, 0.1) is 20.8 Å². The minimum Gasteiger partial charge on any atom is -0.480 e. The number of carbonyl (C=O) groups is 1. The third-order valence-corrected chi connectivity index (χ3v) is 2.58. The molecule has 0 unspecified atom stereocenters. The molecule has 0 saturated carbocycles. The predicted molar refractivity (Wildman–Crippen MR) is 67.2 cm³/mol. The number of hydrogen-bond acceptors (Lipinski definition) is 2. The van der Waals surface area contributed by atoms with Crippen molar-refractivity contribution in [1.29, 1.82) is 0 Å². The molecule has 90 valence electrons. The SMILES string of the molecule is Cc1cc(C)c(C[C@@H](N)C(=O)O)c(C)c1.Cl. The van der Waals surface area contributed by atoms with Gasteiger partial charge in [0, 0.05) is 0 Å². The number of aliphatic carboxylic acids is 1. The lowest BCUT2D eigenvalue weighted by Crippen LogP contribution is -2.32. The van der Waals surface area contributed by atoms with Gasteiger partial charge >= 0.3 is 5.97 Å². The second kappa shape index (κ2) is 5.87. The van der Waals surface area contributed by atoms with Crippen LogP contribution in [0.25, 0.3) is 0 Å². The molecule has 0 aliphatic rings. The molecule has 0 radical (unpaired) electrons. The van der Waals surface area contributed by atoms with Crippen LogP contribution >= 0.6 is 12.4 Å². The zero-order valence-electron chi connectivity index (χ0n) is 9.78. The van der Waals surface area contributed by atoms with Gasteiger partial charge in [-0.3, -0.25) is 4.79 Å². The quantitative estimate of drug-likeness (QED) is 0.854. The minimum atomic E-state index is -0.950. The van der Waals surface area contributed by atoms with E-state index >= 15 is 0 Å². The van der Waals surface area contributed by atoms with Crippen molar-refractivity contribution in [3.63, 3.8) is 0 Å². The number of rotatable bonds is 3. The largest absolute Gasteiger partial charge is 0.480 e. The van der Waals surface area contributed by atoms with Crippen molar-refractivity contribution in [2.24, 2.45) is 5.73 Å². The van der Waals surface area contributed by atoms with E-state index < -0.39 is 12.0 Å². The highest BCUT2D eigenvalue weighted by atomic mass is 35.5. The number of nitrogens with two attached hydrogens (primary N) is 1. The number of halogens is 1. The predicted octanol–water partition coefficient (Wildman–Crippen LogP) is 1.99. The van der Waals surface area contributed by atoms with Crippen molar-refractivity contribution < 1.29 is 9.90 Å². The summed E-state index contributed by atoms with van der Waals surface area (Å²) in [5.41, 5.74) is 10.00. The molecule has 3 nitrogen and oxygen atoms in total. The lowest BCUT2D eigenvalue weighted by Gasteiger charge is -2.13. The van der Waals surface area contributed by atoms with Gasteiger partial charge in [0.15, 0.2) is 0 Å². The first-order chi connectivity index (χ1) is 6.91. The van der Waals surface area contributed by atoms with Crippen LogP contribution in [-0.2, 0) is 11.2 Å². The van der Waals surface area contributed by atoms with Crippen LogP contribution < -0.4 is 5.73 Å². The van der Waals surface area contributed by atoms with Crippen LogP contribution in [0.4, 0.5) is 0 Å². The molecule has 0 aliphatic heterocycles. The Kier molecular flexibility index (Phi) is 5.48. The molecule has 3 N–H and O–H groups in total. The highest BCUT2D eigenvalue weighted by Crippen LogP contribution is 2.17. The smallest absolute Gasteiger partial charge is 0.320 e. The topological polar surface area (TPSA) is 63.3 Å². The van der Waals surface area contributed by atoms with E-state index in [-0.39, 0.29) is 12.4 Å². The zero-order chi connectivity index (χ0) is 11.6. The Morgan fingerprint density at radius 1 is 1.31 bits per heavy atom. The maximum Gasteiger partial charge on any atom is 0.320 e. The number of carboxylic acids is 1. The van der Waals surface area contributed by atoms with Crippen LogP contribution in [0.5, 0.6) is 0 Å². The Balaban J connectivity index is 0.00000225. The van der Waals surface area contributed by atoms with Gasteiger partial charge in [-0.1, -0.05) is 17.7 Å². The van der Waals surface area contributed by atoms with Gasteiger partial charge in [-0.05, 0) is 43.9 Å². The first-order valence-corrected chi connectivity index (χ1v) is 4.97. The minimum absolute atomic E-state index is 0. The second-order valence-corrected chi connectivity index (χ2v) is 4.03. The number of aryl methyl sites for hydroxylation is 3. The Morgan fingerprint density at radius 2 is 1.75 bits per heavy atom. The van der Waals surface area contributed by atoms with E-state index in [1.54, 1.807) is 0 Å². The first kappa shape index (κ1) is 14.9. The van der Waals surface area contributed by atoms with E-state index in [9.17, 15) is 4.79 Å². The number of hydrogen-bond donors (Lipinski definition) is 2. The van der Waals surface area contributed by atoms with Gasteiger partial charge in [0.25, 0.3) is 0 Å². The molecule has 0 heterocycles. The summed E-state index contributed by atoms with van der Waals surface area (Å²) in [6.45, 7) is 6.01. The van der Waals surface area contributed by atoms with Gasteiger partial charge in [0.05, 0.1) is 0 Å². The van der Waals surface area contributed by atoms with Crippen molar-refractivity contribution in [3.05, 3.63) is 34.4 Å². The van der Waals surface area contributed by atoms with E-state index in [2.05, 4.69) is 12.1 Å². The fourth-order valence-corrected chi connectivity index (χ4v) is 1.84. The number of benzene rings is 1. The van der Waals surface area contributed by atoms with Crippen molar-refractivity contribution >= 4 is 18.4 Å². The summed E-state index contributed by atoms with van der Waals surface area (Å²) in [5, 5.41) is 8.75. The van der Waals surface area contributed by atoms with Crippen molar-refractivity contribution in [3.8, 4) is 0 Å². The Morgan fingerprint density at radius 3 is 2.12 bits per heavy atom. The molecule has 1 aromatic rings. The molecular weight excluding hydrogens is 226 g/mol. The molecule has 1 atom stereocenters. The second-order valence-electron chi connectivity index (χ2n) is 4.03. The standard InChI is InChI=1S/C12H17NO2.ClH/c1-7-4-8(2)10(9(3)5-7)6-11(13)12(14)15;/h4-5,11H,6,13H2,1-3H3,(H,14,15);1H/t11-;/m1./s1. The average Bonchev–Trinajstić information content (AvgIpc) is 2.10. The van der Waals surface area contributed by atoms with Crippen molar-refractivity contribution in [1.82, 2.24) is 0 Å². The third kappa shape index (κ3) is 3.51. The van der Waals surface area contributed by atoms with Crippen LogP contribution in [0.3, 0.4) is 0 Å². The molecule has 0 aliphatic carbocycles. The summed E-state index contributed by atoms with van der Waals surface area (Å²) in [5.74, 6) is -0.950. The summed E-state index contributed by atoms with van der Waals surface area (Å²) >= 11 is 0. The maximum absolute atomic E-state index is 10.7. The lowest BCUT2D eigenvalue weighted by atomic mass is 9.95. The van der Waals surface area contributed by atoms with Gasteiger partial charge in [-0.15, -0.1) is 12.4 Å². The van der Waals surface area contributed by atoms with E-state index in [4.69, 9.17) is 10.8 Å². The highest BCUT2D eigenvalue weighted by Gasteiger charge is 2.14. The summed E-state index contributed by atoms with van der Waals surface area (Å²) in [6, 6.07) is 3.29. The van der Waals surface area contributed by atoms with Gasteiger partial charge in [-0.2, -0.15) is 0 Å². The molecular formula is C12H18ClNO2. The monoisotopic (exact) mass is 243 g/mol. The van der Waals surface area contributed by atoms with Crippen LogP contribution in [0.2, 0.25) is 0 Å². The van der Waals surface area contributed by atoms with E-state index in [0.717, 1.165) is 16.7 Å². The zero-order valence-corrected chi connectivity index (χ0v) is 10.6. The lowest BCUT2D eigenvalue weighted by molar-refractivity contribution is -0.138. The molecule has 0 saturated heterocycles. The third-order valence-electron chi connectivity index (χ3n) is 2.58. The first-order valence-electron chi connectivity index (χ1n) is 4.97. The van der Waals surface area contributed by atoms with Gasteiger partial charge in [0.2, 0.25) is 0 Å². The summed E-state index contributed by atoms with van der Waals surface area (Å²) in [4.78, 5) is 10.7. The van der Waals surface area contributed by atoms with Crippen LogP contribution in [0.15, 0.2) is 12.1 Å². The molecule has 0 fully saturated rings. The molecule has 16 heavy (non-hydrogen) atoms. The van der Waals surface area contributed by atoms with Crippen molar-refractivity contribution in [2.45, 2.75) is 33.2 Å². The van der Waals surface area contributed by atoms with Gasteiger partial charge in [0.1, 0.15) is 6.04 Å². The molecule has 0 aromatic heterocycles. The Hall–Kier alpha value is -1.06. The van der Waals surface area contributed by atoms with Crippen LogP contribution in [0.1, 0.15) is 22.3 Å². The summed E-state index contributed by atoms with van der Waals surface area (Å²) in [6.07, 6.45) is 0.396. The summed E-state index contributed by atoms with van der Waals surface area (Å²) < 4.78 is 0. The van der Waals surface area contributed by atoms with Crippen molar-refractivity contribution in [2.75, 3.05) is 0 Å². The fraction of sp³-hybridized carbons (Fsp3) is 0.417. The molecule has 1 aromatic carbocycles. The highest BCUT2D eigenvalue weighted by molar-refractivity contribution is 5.85. The molecule has 4 heteroatoms. The normalized spacial score (nSPS) is 11.8. The van der Waals surface area contributed by atoms with Crippen LogP contribution in [-0.4, -0.2) is 17.1 Å². The number of carboxylic acid groups (broad SMARTS) is 1. The van der Waals surface area contributed by atoms with Gasteiger partial charge in [-0.25, -0.2) is 0 Å². The molecule has 1 rings (SSSR count). The fourth-order valence-electron chi connectivity index (χ4n) is 1.84. The summed E-state index contributed by atoms with van der Waals surface area (Å²) in [7, 11) is 0. The molecule has 0 bridgehead atoms. The van der Waals surface area contributed by atoms with E-state index in [1.165, 1.54) is 5.56 Å². The Labute approximate surface area is 102 Å². The molecule has 0 amide bonds. The maximum atomic E-state index is 10.7.